The van der Waals surface area contributed by atoms with Crippen LogP contribution in [0.15, 0.2) is 18.2 Å². The predicted molar refractivity (Wildman–Crippen MR) is 62.3 cm³/mol. The Hall–Kier alpha value is -2.64. The highest BCUT2D eigenvalue weighted by molar-refractivity contribution is 5.94. The van der Waals surface area contributed by atoms with Gasteiger partial charge in [-0.15, -0.1) is 0 Å². The van der Waals surface area contributed by atoms with E-state index in [0.29, 0.717) is 0 Å². The molecule has 0 aromatic heterocycles. The molecule has 0 fully saturated rings. The number of hydrogen-bond acceptors (Lipinski definition) is 5. The van der Waals surface area contributed by atoms with Gasteiger partial charge in [0.25, 0.3) is 5.69 Å². The highest BCUT2D eigenvalue weighted by Crippen LogP contribution is 2.23. The molecule has 8 heteroatoms. The lowest BCUT2D eigenvalue weighted by Gasteiger charge is -2.11. The molecule has 96 valence electrons. The summed E-state index contributed by atoms with van der Waals surface area (Å²) in [6.45, 7) is 1.49. The maximum atomic E-state index is 10.9. The minimum atomic E-state index is -1.42. The molecule has 0 saturated heterocycles. The topological polar surface area (TPSA) is 136 Å². The van der Waals surface area contributed by atoms with Gasteiger partial charge in [-0.1, -0.05) is 0 Å². The minimum Gasteiger partial charge on any atom is -0.477 e. The van der Waals surface area contributed by atoms with Crippen LogP contribution in [0.3, 0.4) is 0 Å². The Balaban J connectivity index is 3.11. The van der Waals surface area contributed by atoms with E-state index in [1.54, 1.807) is 0 Å². The van der Waals surface area contributed by atoms with Crippen molar-refractivity contribution in [3.05, 3.63) is 33.9 Å². The number of hydrogen-bond donors (Lipinski definition) is 3. The summed E-state index contributed by atoms with van der Waals surface area (Å²) in [5.74, 6) is -2.04. The van der Waals surface area contributed by atoms with Crippen molar-refractivity contribution in [2.24, 2.45) is 5.73 Å². The second kappa shape index (κ2) is 5.13. The summed E-state index contributed by atoms with van der Waals surface area (Å²) >= 11 is 0. The average Bonchev–Trinajstić information content (AvgIpc) is 2.28. The van der Waals surface area contributed by atoms with Gasteiger partial charge < -0.3 is 16.2 Å². The summed E-state index contributed by atoms with van der Waals surface area (Å²) in [6.07, 6.45) is 0. The number of anilines is 1. The molecular weight excluding hydrogens is 242 g/mol. The quantitative estimate of drug-likeness (QED) is 0.518. The third-order valence-electron chi connectivity index (χ3n) is 2.23. The van der Waals surface area contributed by atoms with Crippen molar-refractivity contribution in [2.75, 3.05) is 5.32 Å². The Labute approximate surface area is 102 Å². The first-order valence-electron chi connectivity index (χ1n) is 4.90. The summed E-state index contributed by atoms with van der Waals surface area (Å²) in [4.78, 5) is 31.5. The molecule has 1 unspecified atom stereocenters. The van der Waals surface area contributed by atoms with Crippen LogP contribution in [0.5, 0.6) is 0 Å². The van der Waals surface area contributed by atoms with E-state index in [1.165, 1.54) is 13.0 Å². The summed E-state index contributed by atoms with van der Waals surface area (Å²) in [7, 11) is 0. The van der Waals surface area contributed by atoms with Gasteiger partial charge in [0.2, 0.25) is 5.91 Å². The summed E-state index contributed by atoms with van der Waals surface area (Å²) < 4.78 is 0. The average molecular weight is 253 g/mol. The maximum Gasteiger partial charge on any atom is 0.342 e. The van der Waals surface area contributed by atoms with Gasteiger partial charge in [0, 0.05) is 11.8 Å². The summed E-state index contributed by atoms with van der Waals surface area (Å²) in [6, 6.07) is 2.73. The second-order valence-corrected chi connectivity index (χ2v) is 3.56. The Kier molecular flexibility index (Phi) is 3.82. The van der Waals surface area contributed by atoms with E-state index in [4.69, 9.17) is 10.8 Å². The minimum absolute atomic E-state index is 0.268. The molecular formula is C10H11N3O5. The molecule has 8 nitrogen and oxygen atoms in total. The zero-order valence-electron chi connectivity index (χ0n) is 9.41. The van der Waals surface area contributed by atoms with Crippen molar-refractivity contribution in [1.29, 1.82) is 0 Å². The number of rotatable bonds is 5. The van der Waals surface area contributed by atoms with Crippen LogP contribution in [-0.4, -0.2) is 27.9 Å². The first-order chi connectivity index (χ1) is 8.32. The number of benzene rings is 1. The van der Waals surface area contributed by atoms with E-state index >= 15 is 0 Å². The van der Waals surface area contributed by atoms with E-state index in [9.17, 15) is 19.7 Å². The van der Waals surface area contributed by atoms with Gasteiger partial charge in [-0.3, -0.25) is 14.9 Å². The number of carbonyl (C=O) groups is 2. The van der Waals surface area contributed by atoms with Crippen molar-refractivity contribution in [3.63, 3.8) is 0 Å². The van der Waals surface area contributed by atoms with Crippen molar-refractivity contribution in [3.8, 4) is 0 Å². The van der Waals surface area contributed by atoms with Gasteiger partial charge in [-0.2, -0.15) is 0 Å². The van der Waals surface area contributed by atoms with Crippen LogP contribution in [-0.2, 0) is 4.79 Å². The van der Waals surface area contributed by atoms with Crippen LogP contribution in [0, 0.1) is 10.1 Å². The molecule has 0 aliphatic heterocycles. The van der Waals surface area contributed by atoms with E-state index in [2.05, 4.69) is 5.32 Å². The van der Waals surface area contributed by atoms with E-state index in [0.717, 1.165) is 12.1 Å². The molecule has 1 rings (SSSR count). The highest BCUT2D eigenvalue weighted by atomic mass is 16.6. The zero-order chi connectivity index (χ0) is 13.9. The molecule has 0 aliphatic rings. The largest absolute Gasteiger partial charge is 0.477 e. The van der Waals surface area contributed by atoms with Crippen LogP contribution in [0.4, 0.5) is 11.4 Å². The van der Waals surface area contributed by atoms with Crippen LogP contribution in [0.1, 0.15) is 17.3 Å². The third kappa shape index (κ3) is 2.94. The van der Waals surface area contributed by atoms with Crippen LogP contribution < -0.4 is 11.1 Å². The second-order valence-electron chi connectivity index (χ2n) is 3.56. The van der Waals surface area contributed by atoms with E-state index in [1.807, 2.05) is 0 Å². The highest BCUT2D eigenvalue weighted by Gasteiger charge is 2.20. The number of primary amides is 1. The third-order valence-corrected chi connectivity index (χ3v) is 2.23. The fraction of sp³-hybridized carbons (Fsp3) is 0.200. The number of nitrogens with zero attached hydrogens (tertiary/aromatic N) is 1. The van der Waals surface area contributed by atoms with Gasteiger partial charge in [0.15, 0.2) is 0 Å². The molecule has 0 heterocycles. The monoisotopic (exact) mass is 253 g/mol. The lowest BCUT2D eigenvalue weighted by atomic mass is 10.1. The van der Waals surface area contributed by atoms with Gasteiger partial charge in [-0.05, 0) is 19.1 Å². The van der Waals surface area contributed by atoms with Crippen molar-refractivity contribution >= 4 is 23.3 Å². The molecule has 18 heavy (non-hydrogen) atoms. The SMILES string of the molecule is CC(Nc1ccc([N+](=O)[O-])c(C(=O)O)c1)C(N)=O. The van der Waals surface area contributed by atoms with Gasteiger partial charge >= 0.3 is 5.97 Å². The Morgan fingerprint density at radius 3 is 2.56 bits per heavy atom. The summed E-state index contributed by atoms with van der Waals surface area (Å²) in [5, 5.41) is 22.1. The van der Waals surface area contributed by atoms with E-state index in [-0.39, 0.29) is 5.69 Å². The number of aromatic carboxylic acids is 1. The normalized spacial score (nSPS) is 11.6. The van der Waals surface area contributed by atoms with Crippen LogP contribution >= 0.6 is 0 Å². The number of nitro benzene ring substituents is 1. The Morgan fingerprint density at radius 2 is 2.11 bits per heavy atom. The number of nitrogens with two attached hydrogens (primary N) is 1. The van der Waals surface area contributed by atoms with Crippen molar-refractivity contribution < 1.29 is 19.6 Å². The fourth-order valence-corrected chi connectivity index (χ4v) is 1.28. The molecule has 1 atom stereocenters. The smallest absolute Gasteiger partial charge is 0.342 e. The van der Waals surface area contributed by atoms with Crippen LogP contribution in [0.2, 0.25) is 0 Å². The Morgan fingerprint density at radius 1 is 1.50 bits per heavy atom. The molecule has 0 radical (unpaired) electrons. The number of carboxylic acid groups (broad SMARTS) is 1. The molecule has 1 aromatic carbocycles. The first kappa shape index (κ1) is 13.4. The fourth-order valence-electron chi connectivity index (χ4n) is 1.28. The molecule has 0 bridgehead atoms. The molecule has 0 aliphatic carbocycles. The Bertz CT molecular complexity index is 514. The van der Waals surface area contributed by atoms with E-state index < -0.39 is 34.1 Å². The van der Waals surface area contributed by atoms with Crippen molar-refractivity contribution in [1.82, 2.24) is 0 Å². The number of carbonyl (C=O) groups excluding carboxylic acids is 1. The number of nitro groups is 1. The van der Waals surface area contributed by atoms with Gasteiger partial charge in [0.05, 0.1) is 4.92 Å². The molecule has 0 spiro atoms. The van der Waals surface area contributed by atoms with Crippen LogP contribution in [0.25, 0.3) is 0 Å². The van der Waals surface area contributed by atoms with Crippen molar-refractivity contribution in [2.45, 2.75) is 13.0 Å². The van der Waals surface area contributed by atoms with Gasteiger partial charge in [-0.25, -0.2) is 4.79 Å². The number of nitrogens with one attached hydrogen (secondary N) is 1. The first-order valence-corrected chi connectivity index (χ1v) is 4.90. The standard InChI is InChI=1S/C10H11N3O5/c1-5(9(11)14)12-6-2-3-8(13(17)18)7(4-6)10(15)16/h2-5,12H,1H3,(H2,11,14)(H,15,16). The zero-order valence-corrected chi connectivity index (χ0v) is 9.41. The molecule has 1 aromatic rings. The molecule has 4 N–H and O–H groups in total. The lowest BCUT2D eigenvalue weighted by Crippen LogP contribution is -2.32. The maximum absolute atomic E-state index is 10.9. The van der Waals surface area contributed by atoms with Gasteiger partial charge in [0.1, 0.15) is 11.6 Å². The number of amides is 1. The molecule has 1 amide bonds. The predicted octanol–water partition coefficient (Wildman–Crippen LogP) is 0.579. The number of carboxylic acids is 1. The summed E-state index contributed by atoms with van der Waals surface area (Å²) in [5.41, 5.74) is 4.33. The lowest BCUT2D eigenvalue weighted by molar-refractivity contribution is -0.385. The molecule has 0 saturated carbocycles.